The van der Waals surface area contributed by atoms with Crippen molar-refractivity contribution in [2.45, 2.75) is 0 Å². The van der Waals surface area contributed by atoms with E-state index in [1.54, 1.807) is 7.11 Å². The molecule has 0 aliphatic heterocycles. The number of nitrogens with one attached hydrogen (secondary N) is 2. The smallest absolute Gasteiger partial charge is 0.175 e. The highest BCUT2D eigenvalue weighted by molar-refractivity contribution is 7.80. The van der Waals surface area contributed by atoms with Gasteiger partial charge in [0.05, 0.1) is 12.8 Å². The van der Waals surface area contributed by atoms with Gasteiger partial charge in [-0.25, -0.2) is 0 Å². The zero-order valence-electron chi connectivity index (χ0n) is 12.2. The van der Waals surface area contributed by atoms with E-state index in [9.17, 15) is 0 Å². The minimum atomic E-state index is 0.529. The number of hydrogen-bond acceptors (Lipinski definition) is 2. The first-order valence-electron chi connectivity index (χ1n) is 6.97. The van der Waals surface area contributed by atoms with E-state index in [1.165, 1.54) is 5.39 Å². The molecule has 0 heterocycles. The maximum atomic E-state index is 5.41. The van der Waals surface area contributed by atoms with Gasteiger partial charge in [-0.15, -0.1) is 0 Å². The molecule has 0 bridgehead atoms. The Bertz CT molecular complexity index is 812. The van der Waals surface area contributed by atoms with Crippen molar-refractivity contribution in [1.82, 2.24) is 0 Å². The van der Waals surface area contributed by atoms with Crippen LogP contribution < -0.4 is 15.4 Å². The van der Waals surface area contributed by atoms with E-state index in [0.717, 1.165) is 22.5 Å². The summed E-state index contributed by atoms with van der Waals surface area (Å²) in [5.74, 6) is 0.754. The first kappa shape index (κ1) is 14.4. The number of rotatable bonds is 3. The normalized spacial score (nSPS) is 10.2. The number of thiocarbonyl (C=S) groups is 1. The van der Waals surface area contributed by atoms with Gasteiger partial charge in [-0.1, -0.05) is 48.5 Å². The largest absolute Gasteiger partial charge is 0.495 e. The average Bonchev–Trinajstić information content (AvgIpc) is 2.55. The molecule has 22 heavy (non-hydrogen) atoms. The number of ether oxygens (including phenoxy) is 1. The van der Waals surface area contributed by atoms with Crippen molar-refractivity contribution in [2.75, 3.05) is 17.7 Å². The maximum Gasteiger partial charge on any atom is 0.175 e. The van der Waals surface area contributed by atoms with Gasteiger partial charge >= 0.3 is 0 Å². The summed E-state index contributed by atoms with van der Waals surface area (Å²) in [6.45, 7) is 0. The number of para-hydroxylation sites is 2. The van der Waals surface area contributed by atoms with Crippen molar-refractivity contribution in [3.63, 3.8) is 0 Å². The second-order valence-corrected chi connectivity index (χ2v) is 5.21. The van der Waals surface area contributed by atoms with E-state index in [1.807, 2.05) is 48.5 Å². The molecule has 0 aliphatic carbocycles. The van der Waals surface area contributed by atoms with Gasteiger partial charge in [0, 0.05) is 11.1 Å². The van der Waals surface area contributed by atoms with Crippen LogP contribution in [-0.2, 0) is 0 Å². The van der Waals surface area contributed by atoms with Crippen LogP contribution in [0.15, 0.2) is 66.7 Å². The molecule has 3 rings (SSSR count). The van der Waals surface area contributed by atoms with E-state index < -0.39 is 0 Å². The van der Waals surface area contributed by atoms with Crippen molar-refractivity contribution in [2.24, 2.45) is 0 Å². The van der Waals surface area contributed by atoms with Crippen LogP contribution in [0.3, 0.4) is 0 Å². The van der Waals surface area contributed by atoms with Crippen LogP contribution >= 0.6 is 12.2 Å². The molecule has 0 aliphatic rings. The fraction of sp³-hybridized carbons (Fsp3) is 0.0556. The quantitative estimate of drug-likeness (QED) is 0.690. The summed E-state index contributed by atoms with van der Waals surface area (Å²) in [5, 5.41) is 9.26. The van der Waals surface area contributed by atoms with Gasteiger partial charge in [0.2, 0.25) is 0 Å². The summed E-state index contributed by atoms with van der Waals surface area (Å²) in [6.07, 6.45) is 0. The predicted molar refractivity (Wildman–Crippen MR) is 96.8 cm³/mol. The molecule has 0 fully saturated rings. The highest BCUT2D eigenvalue weighted by Gasteiger charge is 2.06. The lowest BCUT2D eigenvalue weighted by Gasteiger charge is -2.14. The summed E-state index contributed by atoms with van der Waals surface area (Å²) >= 11 is 5.41. The van der Waals surface area contributed by atoms with Crippen molar-refractivity contribution >= 4 is 39.5 Å². The molecule has 110 valence electrons. The van der Waals surface area contributed by atoms with Crippen LogP contribution in [0.25, 0.3) is 10.8 Å². The first-order valence-corrected chi connectivity index (χ1v) is 7.37. The molecule has 0 amide bonds. The number of anilines is 2. The molecule has 3 aromatic carbocycles. The molecule has 2 N–H and O–H groups in total. The van der Waals surface area contributed by atoms with Crippen LogP contribution in [0.4, 0.5) is 11.4 Å². The number of hydrogen-bond donors (Lipinski definition) is 2. The topological polar surface area (TPSA) is 33.3 Å². The minimum Gasteiger partial charge on any atom is -0.495 e. The Kier molecular flexibility index (Phi) is 4.21. The van der Waals surface area contributed by atoms with E-state index in [0.29, 0.717) is 5.11 Å². The van der Waals surface area contributed by atoms with Crippen molar-refractivity contribution in [3.05, 3.63) is 66.7 Å². The Morgan fingerprint density at radius 1 is 0.818 bits per heavy atom. The third-order valence-corrected chi connectivity index (χ3v) is 3.60. The molecule has 4 heteroatoms. The highest BCUT2D eigenvalue weighted by atomic mass is 32.1. The lowest BCUT2D eigenvalue weighted by molar-refractivity contribution is 0.417. The Morgan fingerprint density at radius 3 is 2.32 bits per heavy atom. The third kappa shape index (κ3) is 3.02. The monoisotopic (exact) mass is 308 g/mol. The molecular weight excluding hydrogens is 292 g/mol. The number of methoxy groups -OCH3 is 1. The van der Waals surface area contributed by atoms with Gasteiger partial charge in [-0.05, 0) is 35.8 Å². The van der Waals surface area contributed by atoms with Gasteiger partial charge in [0.15, 0.2) is 5.11 Å². The summed E-state index contributed by atoms with van der Waals surface area (Å²) in [5.41, 5.74) is 1.81. The maximum absolute atomic E-state index is 5.41. The second kappa shape index (κ2) is 6.45. The molecule has 0 atom stereocenters. The fourth-order valence-corrected chi connectivity index (χ4v) is 2.58. The van der Waals surface area contributed by atoms with Crippen molar-refractivity contribution in [1.29, 1.82) is 0 Å². The average molecular weight is 308 g/mol. The van der Waals surface area contributed by atoms with Crippen LogP contribution in [0.5, 0.6) is 5.75 Å². The van der Waals surface area contributed by atoms with E-state index in [2.05, 4.69) is 28.8 Å². The second-order valence-electron chi connectivity index (χ2n) is 4.81. The molecule has 0 spiro atoms. The fourth-order valence-electron chi connectivity index (χ4n) is 2.36. The van der Waals surface area contributed by atoms with Gasteiger partial charge in [0.25, 0.3) is 0 Å². The molecule has 0 saturated carbocycles. The van der Waals surface area contributed by atoms with Gasteiger partial charge in [-0.2, -0.15) is 0 Å². The molecule has 0 unspecified atom stereocenters. The Morgan fingerprint density at radius 2 is 1.45 bits per heavy atom. The van der Waals surface area contributed by atoms with Crippen LogP contribution in [0, 0.1) is 0 Å². The zero-order valence-corrected chi connectivity index (χ0v) is 13.0. The van der Waals surface area contributed by atoms with Gasteiger partial charge in [-0.3, -0.25) is 0 Å². The Hall–Kier alpha value is -2.59. The standard InChI is InChI=1S/C18H16N2OS/c1-21-17-12-5-4-10-16(17)20-18(22)19-15-11-6-8-13-7-2-3-9-14(13)15/h2-12H,1H3,(H2,19,20,22). The van der Waals surface area contributed by atoms with E-state index in [-0.39, 0.29) is 0 Å². The zero-order chi connectivity index (χ0) is 15.4. The third-order valence-electron chi connectivity index (χ3n) is 3.39. The van der Waals surface area contributed by atoms with E-state index in [4.69, 9.17) is 17.0 Å². The minimum absolute atomic E-state index is 0.529. The number of benzene rings is 3. The van der Waals surface area contributed by atoms with Crippen molar-refractivity contribution < 1.29 is 4.74 Å². The van der Waals surface area contributed by atoms with Crippen LogP contribution in [0.1, 0.15) is 0 Å². The summed E-state index contributed by atoms with van der Waals surface area (Å²) in [7, 11) is 1.64. The highest BCUT2D eigenvalue weighted by Crippen LogP contribution is 2.25. The molecular formula is C18H16N2OS. The summed E-state index contributed by atoms with van der Waals surface area (Å²) in [4.78, 5) is 0. The lowest BCUT2D eigenvalue weighted by Crippen LogP contribution is -2.19. The van der Waals surface area contributed by atoms with Gasteiger partial charge in [0.1, 0.15) is 5.75 Å². The summed E-state index contributed by atoms with van der Waals surface area (Å²) < 4.78 is 5.32. The molecule has 3 nitrogen and oxygen atoms in total. The van der Waals surface area contributed by atoms with Crippen molar-refractivity contribution in [3.8, 4) is 5.75 Å². The number of fused-ring (bicyclic) bond motifs is 1. The summed E-state index contributed by atoms with van der Waals surface area (Å²) in [6, 6.07) is 22.0. The molecule has 0 saturated heterocycles. The first-order chi connectivity index (χ1) is 10.8. The Labute approximate surface area is 134 Å². The van der Waals surface area contributed by atoms with Crippen LogP contribution in [0.2, 0.25) is 0 Å². The predicted octanol–water partition coefficient (Wildman–Crippen LogP) is 4.66. The van der Waals surface area contributed by atoms with Gasteiger partial charge < -0.3 is 15.4 Å². The van der Waals surface area contributed by atoms with E-state index >= 15 is 0 Å². The lowest BCUT2D eigenvalue weighted by atomic mass is 10.1. The molecule has 0 aromatic heterocycles. The molecule has 3 aromatic rings. The Balaban J connectivity index is 1.82. The SMILES string of the molecule is COc1ccccc1NC(=S)Nc1cccc2ccccc12. The molecule has 0 radical (unpaired) electrons. The van der Waals surface area contributed by atoms with Crippen LogP contribution in [-0.4, -0.2) is 12.2 Å².